The van der Waals surface area contributed by atoms with E-state index < -0.39 is 5.60 Å². The molecule has 0 spiro atoms. The van der Waals surface area contributed by atoms with Crippen LogP contribution in [0.5, 0.6) is 0 Å². The number of hydrogen-bond donors (Lipinski definition) is 2. The van der Waals surface area contributed by atoms with Gasteiger partial charge in [-0.05, 0) is 51.0 Å². The molecule has 152 valence electrons. The van der Waals surface area contributed by atoms with Crippen LogP contribution in [-0.4, -0.2) is 45.9 Å². The Morgan fingerprint density at radius 2 is 2.17 bits per heavy atom. The maximum Gasteiger partial charge on any atom is 0.410 e. The summed E-state index contributed by atoms with van der Waals surface area (Å²) < 4.78 is 5.43. The molecule has 0 radical (unpaired) electrons. The van der Waals surface area contributed by atoms with Crippen LogP contribution in [0.25, 0.3) is 5.57 Å². The first-order valence-corrected chi connectivity index (χ1v) is 9.70. The molecule has 0 atom stereocenters. The van der Waals surface area contributed by atoms with Crippen LogP contribution in [0.4, 0.5) is 16.3 Å². The van der Waals surface area contributed by atoms with Crippen LogP contribution < -0.4 is 5.32 Å². The molecule has 2 aromatic rings. The number of amides is 1. The maximum atomic E-state index is 12.2. The van der Waals surface area contributed by atoms with Crippen LogP contribution in [0, 0.1) is 5.41 Å². The maximum absolute atomic E-state index is 12.2. The van der Waals surface area contributed by atoms with Gasteiger partial charge >= 0.3 is 6.09 Å². The molecule has 0 saturated carbocycles. The van der Waals surface area contributed by atoms with Gasteiger partial charge in [0.1, 0.15) is 16.6 Å². The summed E-state index contributed by atoms with van der Waals surface area (Å²) in [4.78, 5) is 22.6. The third-order valence-electron chi connectivity index (χ3n) is 4.26. The van der Waals surface area contributed by atoms with Crippen molar-refractivity contribution < 1.29 is 9.53 Å². The summed E-state index contributed by atoms with van der Waals surface area (Å²) in [6.07, 6.45) is 5.15. The van der Waals surface area contributed by atoms with E-state index >= 15 is 0 Å². The predicted molar refractivity (Wildman–Crippen MR) is 115 cm³/mol. The Morgan fingerprint density at radius 3 is 2.83 bits per heavy atom. The molecule has 8 heteroatoms. The van der Waals surface area contributed by atoms with Crippen molar-refractivity contribution in [3.63, 3.8) is 0 Å². The molecule has 3 rings (SSSR count). The summed E-state index contributed by atoms with van der Waals surface area (Å²) in [7, 11) is 0. The van der Waals surface area contributed by atoms with Crippen LogP contribution in [-0.2, 0) is 4.74 Å². The number of carbonyl (C=O) groups excluding carboxylic acids is 1. The number of anilines is 2. The van der Waals surface area contributed by atoms with Crippen molar-refractivity contribution in [3.05, 3.63) is 52.9 Å². The van der Waals surface area contributed by atoms with Gasteiger partial charge in [-0.3, -0.25) is 0 Å². The normalized spacial score (nSPS) is 14.2. The minimum atomic E-state index is -0.506. The molecule has 2 N–H and O–H groups in total. The SMILES string of the molecule is CC(C)(C)OC(=O)N1CC=C(c2cccc(Nc3cc(Cl)ncc3C=N)n2)CC1. The van der Waals surface area contributed by atoms with Crippen molar-refractivity contribution in [1.82, 2.24) is 14.9 Å². The van der Waals surface area contributed by atoms with E-state index in [9.17, 15) is 4.79 Å². The van der Waals surface area contributed by atoms with Gasteiger partial charge in [0.2, 0.25) is 0 Å². The van der Waals surface area contributed by atoms with Gasteiger partial charge in [0.25, 0.3) is 0 Å². The van der Waals surface area contributed by atoms with E-state index in [1.54, 1.807) is 11.0 Å². The number of halogens is 1. The zero-order valence-corrected chi connectivity index (χ0v) is 17.5. The number of nitrogens with one attached hydrogen (secondary N) is 2. The zero-order chi connectivity index (χ0) is 21.0. The second-order valence-corrected chi connectivity index (χ2v) is 8.06. The van der Waals surface area contributed by atoms with Crippen molar-refractivity contribution in [2.75, 3.05) is 18.4 Å². The number of rotatable bonds is 4. The Kier molecular flexibility index (Phi) is 6.17. The first-order chi connectivity index (χ1) is 13.7. The standard InChI is InChI=1S/C21H24ClN5O2/c1-21(2,3)29-20(28)27-9-7-14(8-10-27)16-5-4-6-19(25-16)26-17-11-18(22)24-13-15(17)12-23/h4-7,11-13,23H,8-10H2,1-3H3,(H,24,25,26). The van der Waals surface area contributed by atoms with E-state index in [2.05, 4.69) is 15.3 Å². The Morgan fingerprint density at radius 1 is 1.38 bits per heavy atom. The molecule has 0 fully saturated rings. The molecule has 0 bridgehead atoms. The van der Waals surface area contributed by atoms with Gasteiger partial charge in [-0.2, -0.15) is 0 Å². The van der Waals surface area contributed by atoms with Crippen molar-refractivity contribution >= 4 is 41.0 Å². The fraction of sp³-hybridized carbons (Fsp3) is 0.333. The number of hydrogen-bond acceptors (Lipinski definition) is 6. The fourth-order valence-corrected chi connectivity index (χ4v) is 3.04. The van der Waals surface area contributed by atoms with E-state index in [1.165, 1.54) is 12.4 Å². The third kappa shape index (κ3) is 5.54. The Hall–Kier alpha value is -2.93. The molecule has 1 aliphatic rings. The number of ether oxygens (including phenoxy) is 1. The van der Waals surface area contributed by atoms with Gasteiger partial charge in [-0.15, -0.1) is 0 Å². The molecular weight excluding hydrogens is 390 g/mol. The molecule has 0 unspecified atom stereocenters. The van der Waals surface area contributed by atoms with Gasteiger partial charge < -0.3 is 20.4 Å². The first kappa shape index (κ1) is 20.8. The number of pyridine rings is 2. The zero-order valence-electron chi connectivity index (χ0n) is 16.7. The highest BCUT2D eigenvalue weighted by Gasteiger charge is 2.24. The monoisotopic (exact) mass is 413 g/mol. The number of aromatic nitrogens is 2. The van der Waals surface area contributed by atoms with Crippen molar-refractivity contribution in [3.8, 4) is 0 Å². The topological polar surface area (TPSA) is 91.2 Å². The summed E-state index contributed by atoms with van der Waals surface area (Å²) >= 11 is 5.97. The van der Waals surface area contributed by atoms with Gasteiger partial charge in [0.05, 0.1) is 11.4 Å². The van der Waals surface area contributed by atoms with E-state index in [0.717, 1.165) is 11.3 Å². The average molecular weight is 414 g/mol. The Balaban J connectivity index is 1.73. The van der Waals surface area contributed by atoms with Crippen LogP contribution in [0.3, 0.4) is 0 Å². The molecule has 0 aromatic carbocycles. The Labute approximate surface area is 175 Å². The lowest BCUT2D eigenvalue weighted by molar-refractivity contribution is 0.0270. The summed E-state index contributed by atoms with van der Waals surface area (Å²) in [6, 6.07) is 7.37. The van der Waals surface area contributed by atoms with E-state index in [0.29, 0.717) is 41.7 Å². The van der Waals surface area contributed by atoms with Crippen molar-refractivity contribution in [2.45, 2.75) is 32.8 Å². The molecule has 1 amide bonds. The quantitative estimate of drug-likeness (QED) is 0.549. The van der Waals surface area contributed by atoms with Crippen LogP contribution in [0.2, 0.25) is 5.15 Å². The third-order valence-corrected chi connectivity index (χ3v) is 4.47. The minimum absolute atomic E-state index is 0.301. The molecule has 7 nitrogen and oxygen atoms in total. The lowest BCUT2D eigenvalue weighted by atomic mass is 10.0. The summed E-state index contributed by atoms with van der Waals surface area (Å²) in [5.74, 6) is 0.642. The van der Waals surface area contributed by atoms with Crippen LogP contribution in [0.1, 0.15) is 38.4 Å². The molecule has 0 aliphatic carbocycles. The first-order valence-electron chi connectivity index (χ1n) is 9.32. The second-order valence-electron chi connectivity index (χ2n) is 7.68. The lowest BCUT2D eigenvalue weighted by Gasteiger charge is -2.29. The fourth-order valence-electron chi connectivity index (χ4n) is 2.88. The molecule has 1 aliphatic heterocycles. The number of carbonyl (C=O) groups is 1. The van der Waals surface area contributed by atoms with Crippen LogP contribution >= 0.6 is 11.6 Å². The van der Waals surface area contributed by atoms with Gasteiger partial charge in [-0.25, -0.2) is 14.8 Å². The number of nitrogens with zero attached hydrogens (tertiary/aromatic N) is 3. The average Bonchev–Trinajstić information content (AvgIpc) is 2.67. The smallest absolute Gasteiger partial charge is 0.410 e. The predicted octanol–water partition coefficient (Wildman–Crippen LogP) is 4.90. The largest absolute Gasteiger partial charge is 0.444 e. The van der Waals surface area contributed by atoms with Crippen molar-refractivity contribution in [1.29, 1.82) is 5.41 Å². The van der Waals surface area contributed by atoms with Gasteiger partial charge in [0, 0.05) is 31.1 Å². The second kappa shape index (κ2) is 8.61. The Bertz CT molecular complexity index is 952. The minimum Gasteiger partial charge on any atom is -0.444 e. The van der Waals surface area contributed by atoms with E-state index in [1.807, 2.05) is 45.0 Å². The van der Waals surface area contributed by atoms with Crippen molar-refractivity contribution in [2.24, 2.45) is 0 Å². The van der Waals surface area contributed by atoms with E-state index in [-0.39, 0.29) is 6.09 Å². The molecule has 0 saturated heterocycles. The molecule has 29 heavy (non-hydrogen) atoms. The highest BCUT2D eigenvalue weighted by Crippen LogP contribution is 2.25. The highest BCUT2D eigenvalue weighted by atomic mass is 35.5. The highest BCUT2D eigenvalue weighted by molar-refractivity contribution is 6.29. The van der Waals surface area contributed by atoms with Gasteiger partial charge in [0.15, 0.2) is 0 Å². The summed E-state index contributed by atoms with van der Waals surface area (Å²) in [5, 5.41) is 11.0. The lowest BCUT2D eigenvalue weighted by Crippen LogP contribution is -2.39. The summed E-state index contributed by atoms with van der Waals surface area (Å²) in [6.45, 7) is 6.65. The van der Waals surface area contributed by atoms with E-state index in [4.69, 9.17) is 21.7 Å². The molecule has 2 aromatic heterocycles. The van der Waals surface area contributed by atoms with Crippen LogP contribution in [0.15, 0.2) is 36.5 Å². The molecular formula is C21H24ClN5O2. The molecule has 3 heterocycles. The summed E-state index contributed by atoms with van der Waals surface area (Å²) in [5.41, 5.74) is 2.70. The van der Waals surface area contributed by atoms with Gasteiger partial charge in [-0.1, -0.05) is 23.7 Å².